The van der Waals surface area contributed by atoms with E-state index in [9.17, 15) is 5.11 Å². The zero-order valence-electron chi connectivity index (χ0n) is 7.16. The molecule has 0 saturated carbocycles. The number of hydrogen-bond donors (Lipinski definition) is 2. The van der Waals surface area contributed by atoms with E-state index < -0.39 is 0 Å². The molecule has 1 heterocycles. The first-order chi connectivity index (χ1) is 5.24. The second-order valence-electron chi connectivity index (χ2n) is 3.42. The fraction of sp³-hybridized carbons (Fsp3) is 1.00. The van der Waals surface area contributed by atoms with Crippen LogP contribution in [0.3, 0.4) is 0 Å². The molecular weight excluding hydrogens is 140 g/mol. The van der Waals surface area contributed by atoms with Crippen LogP contribution in [-0.4, -0.2) is 42.3 Å². The predicted octanol–water partition coefficient (Wildman–Crippen LogP) is -0.352. The topological polar surface area (TPSA) is 49.5 Å². The molecule has 3 heteroatoms. The zero-order valence-corrected chi connectivity index (χ0v) is 7.16. The van der Waals surface area contributed by atoms with E-state index in [4.69, 9.17) is 5.73 Å². The Balaban J connectivity index is 2.28. The lowest BCUT2D eigenvalue weighted by molar-refractivity contribution is 0.0363. The SMILES string of the molecule is C[C@@H]1CN(CCN)CC[C@@H]1O. The molecular formula is C8H18N2O. The monoisotopic (exact) mass is 158 g/mol. The van der Waals surface area contributed by atoms with E-state index in [0.29, 0.717) is 5.92 Å². The highest BCUT2D eigenvalue weighted by molar-refractivity contribution is 4.76. The van der Waals surface area contributed by atoms with Gasteiger partial charge < -0.3 is 15.7 Å². The van der Waals surface area contributed by atoms with E-state index in [1.165, 1.54) is 0 Å². The lowest BCUT2D eigenvalue weighted by Gasteiger charge is -2.33. The maximum Gasteiger partial charge on any atom is 0.0590 e. The summed E-state index contributed by atoms with van der Waals surface area (Å²) < 4.78 is 0. The Hall–Kier alpha value is -0.120. The van der Waals surface area contributed by atoms with Crippen molar-refractivity contribution < 1.29 is 5.11 Å². The summed E-state index contributed by atoms with van der Waals surface area (Å²) in [4.78, 5) is 2.32. The number of hydrogen-bond acceptors (Lipinski definition) is 3. The van der Waals surface area contributed by atoms with E-state index in [1.54, 1.807) is 0 Å². The molecule has 0 unspecified atom stereocenters. The second-order valence-corrected chi connectivity index (χ2v) is 3.42. The lowest BCUT2D eigenvalue weighted by atomic mass is 9.97. The Morgan fingerprint density at radius 1 is 1.64 bits per heavy atom. The highest BCUT2D eigenvalue weighted by Crippen LogP contribution is 2.15. The highest BCUT2D eigenvalue weighted by atomic mass is 16.3. The molecule has 0 aliphatic carbocycles. The summed E-state index contributed by atoms with van der Waals surface area (Å²) in [6.45, 7) is 5.79. The summed E-state index contributed by atoms with van der Waals surface area (Å²) in [7, 11) is 0. The van der Waals surface area contributed by atoms with Crippen molar-refractivity contribution >= 4 is 0 Å². The number of aliphatic hydroxyl groups is 1. The third-order valence-electron chi connectivity index (χ3n) is 2.39. The molecule has 1 saturated heterocycles. The first-order valence-corrected chi connectivity index (χ1v) is 4.34. The summed E-state index contributed by atoms with van der Waals surface area (Å²) >= 11 is 0. The van der Waals surface area contributed by atoms with Crippen LogP contribution in [0.5, 0.6) is 0 Å². The molecule has 0 aromatic carbocycles. The standard InChI is InChI=1S/C8H18N2O/c1-7-6-10(5-3-9)4-2-8(7)11/h7-8,11H,2-6,9H2,1H3/t7-,8+/m1/s1. The van der Waals surface area contributed by atoms with Crippen LogP contribution in [0.15, 0.2) is 0 Å². The van der Waals surface area contributed by atoms with Gasteiger partial charge in [0.15, 0.2) is 0 Å². The average molecular weight is 158 g/mol. The lowest BCUT2D eigenvalue weighted by Crippen LogP contribution is -2.43. The van der Waals surface area contributed by atoms with E-state index in [1.807, 2.05) is 0 Å². The van der Waals surface area contributed by atoms with Crippen molar-refractivity contribution in [2.45, 2.75) is 19.4 Å². The Labute approximate surface area is 68.2 Å². The molecule has 0 aromatic rings. The molecule has 11 heavy (non-hydrogen) atoms. The molecule has 0 amide bonds. The molecule has 1 fully saturated rings. The van der Waals surface area contributed by atoms with Gasteiger partial charge in [-0.2, -0.15) is 0 Å². The van der Waals surface area contributed by atoms with E-state index in [-0.39, 0.29) is 6.10 Å². The summed E-state index contributed by atoms with van der Waals surface area (Å²) in [5, 5.41) is 9.41. The highest BCUT2D eigenvalue weighted by Gasteiger charge is 2.22. The van der Waals surface area contributed by atoms with Gasteiger partial charge in [0, 0.05) is 26.2 Å². The minimum Gasteiger partial charge on any atom is -0.393 e. The summed E-state index contributed by atoms with van der Waals surface area (Å²) in [5.74, 6) is 0.412. The van der Waals surface area contributed by atoms with Crippen molar-refractivity contribution in [3.63, 3.8) is 0 Å². The molecule has 1 rings (SSSR count). The number of nitrogens with zero attached hydrogens (tertiary/aromatic N) is 1. The van der Waals surface area contributed by atoms with E-state index in [0.717, 1.165) is 32.6 Å². The van der Waals surface area contributed by atoms with Crippen molar-refractivity contribution in [1.82, 2.24) is 4.90 Å². The quantitative estimate of drug-likeness (QED) is 0.577. The molecule has 3 N–H and O–H groups in total. The van der Waals surface area contributed by atoms with Crippen LogP contribution in [0.25, 0.3) is 0 Å². The number of aliphatic hydroxyl groups excluding tert-OH is 1. The molecule has 3 nitrogen and oxygen atoms in total. The Bertz CT molecular complexity index is 119. The number of likely N-dealkylation sites (tertiary alicyclic amines) is 1. The first-order valence-electron chi connectivity index (χ1n) is 4.34. The third kappa shape index (κ3) is 2.43. The largest absolute Gasteiger partial charge is 0.393 e. The number of rotatable bonds is 2. The van der Waals surface area contributed by atoms with Gasteiger partial charge in [0.1, 0.15) is 0 Å². The fourth-order valence-electron chi connectivity index (χ4n) is 1.61. The van der Waals surface area contributed by atoms with Gasteiger partial charge in [0.05, 0.1) is 6.10 Å². The van der Waals surface area contributed by atoms with Crippen LogP contribution in [0.2, 0.25) is 0 Å². The van der Waals surface area contributed by atoms with Gasteiger partial charge in [0.25, 0.3) is 0 Å². The Kier molecular flexibility index (Phi) is 3.30. The number of nitrogens with two attached hydrogens (primary N) is 1. The van der Waals surface area contributed by atoms with Crippen LogP contribution in [-0.2, 0) is 0 Å². The normalized spacial score (nSPS) is 34.1. The van der Waals surface area contributed by atoms with Gasteiger partial charge in [0.2, 0.25) is 0 Å². The third-order valence-corrected chi connectivity index (χ3v) is 2.39. The van der Waals surface area contributed by atoms with Crippen LogP contribution >= 0.6 is 0 Å². The number of piperidine rings is 1. The zero-order chi connectivity index (χ0) is 8.27. The molecule has 2 atom stereocenters. The minimum atomic E-state index is -0.0935. The maximum atomic E-state index is 9.41. The van der Waals surface area contributed by atoms with Crippen LogP contribution in [0.4, 0.5) is 0 Å². The molecule has 0 bridgehead atoms. The molecule has 0 radical (unpaired) electrons. The molecule has 1 aliphatic heterocycles. The van der Waals surface area contributed by atoms with E-state index >= 15 is 0 Å². The van der Waals surface area contributed by atoms with Crippen LogP contribution in [0.1, 0.15) is 13.3 Å². The predicted molar refractivity (Wildman–Crippen MR) is 45.3 cm³/mol. The van der Waals surface area contributed by atoms with Gasteiger partial charge >= 0.3 is 0 Å². The van der Waals surface area contributed by atoms with Crippen molar-refractivity contribution in [2.75, 3.05) is 26.2 Å². The molecule has 0 aromatic heterocycles. The Morgan fingerprint density at radius 2 is 2.36 bits per heavy atom. The van der Waals surface area contributed by atoms with Crippen molar-refractivity contribution in [3.05, 3.63) is 0 Å². The average Bonchev–Trinajstić information content (AvgIpc) is 1.98. The van der Waals surface area contributed by atoms with Crippen molar-refractivity contribution in [2.24, 2.45) is 11.7 Å². The molecule has 0 spiro atoms. The smallest absolute Gasteiger partial charge is 0.0590 e. The van der Waals surface area contributed by atoms with Crippen molar-refractivity contribution in [3.8, 4) is 0 Å². The fourth-order valence-corrected chi connectivity index (χ4v) is 1.61. The van der Waals surface area contributed by atoms with Crippen LogP contribution in [0, 0.1) is 5.92 Å². The molecule has 66 valence electrons. The van der Waals surface area contributed by atoms with Gasteiger partial charge in [-0.15, -0.1) is 0 Å². The first kappa shape index (κ1) is 8.97. The molecule has 1 aliphatic rings. The van der Waals surface area contributed by atoms with Crippen molar-refractivity contribution in [1.29, 1.82) is 0 Å². The second kappa shape index (κ2) is 4.04. The minimum absolute atomic E-state index is 0.0935. The van der Waals surface area contributed by atoms with Gasteiger partial charge in [-0.1, -0.05) is 6.92 Å². The Morgan fingerprint density at radius 3 is 2.91 bits per heavy atom. The summed E-state index contributed by atoms with van der Waals surface area (Å²) in [6, 6.07) is 0. The van der Waals surface area contributed by atoms with Crippen LogP contribution < -0.4 is 5.73 Å². The van der Waals surface area contributed by atoms with Gasteiger partial charge in [-0.05, 0) is 12.3 Å². The summed E-state index contributed by atoms with van der Waals surface area (Å²) in [5.41, 5.74) is 5.44. The van der Waals surface area contributed by atoms with Gasteiger partial charge in [-0.3, -0.25) is 0 Å². The van der Waals surface area contributed by atoms with E-state index in [2.05, 4.69) is 11.8 Å². The summed E-state index contributed by atoms with van der Waals surface area (Å²) in [6.07, 6.45) is 0.810. The van der Waals surface area contributed by atoms with Gasteiger partial charge in [-0.25, -0.2) is 0 Å². The maximum absolute atomic E-state index is 9.41.